The van der Waals surface area contributed by atoms with Crippen LogP contribution in [-0.2, 0) is 6.42 Å². The molecule has 0 saturated heterocycles. The predicted molar refractivity (Wildman–Crippen MR) is 124 cm³/mol. The van der Waals surface area contributed by atoms with E-state index in [4.69, 9.17) is 16.3 Å². The molecular weight excluding hydrogens is 432 g/mol. The smallest absolute Gasteiger partial charge is 0.119 e. The lowest BCUT2D eigenvalue weighted by Gasteiger charge is -2.17. The summed E-state index contributed by atoms with van der Waals surface area (Å²) >= 11 is 9.26. The van der Waals surface area contributed by atoms with E-state index in [0.29, 0.717) is 12.5 Å². The average Bonchev–Trinajstić information content (AvgIpc) is 2.75. The average molecular weight is 456 g/mol. The van der Waals surface area contributed by atoms with Crippen LogP contribution >= 0.6 is 27.5 Å². The van der Waals surface area contributed by atoms with Crippen LogP contribution in [0.5, 0.6) is 5.75 Å². The minimum absolute atomic E-state index is 0.491. The highest BCUT2D eigenvalue weighted by Gasteiger charge is 2.12. The molecule has 0 N–H and O–H groups in total. The van der Waals surface area contributed by atoms with Gasteiger partial charge in [0.2, 0.25) is 0 Å². The van der Waals surface area contributed by atoms with Crippen LogP contribution in [0.15, 0.2) is 83.3 Å². The fourth-order valence-electron chi connectivity index (χ4n) is 3.33. The summed E-state index contributed by atoms with van der Waals surface area (Å²) < 4.78 is 6.74. The second kappa shape index (κ2) is 10.5. The third-order valence-electron chi connectivity index (χ3n) is 4.68. The van der Waals surface area contributed by atoms with Crippen LogP contribution in [0, 0.1) is 0 Å². The number of alkyl halides is 1. The van der Waals surface area contributed by atoms with Gasteiger partial charge in [0.1, 0.15) is 12.4 Å². The molecule has 0 saturated carbocycles. The Balaban J connectivity index is 2.03. The van der Waals surface area contributed by atoms with Gasteiger partial charge in [-0.05, 0) is 64.9 Å². The maximum absolute atomic E-state index is 5.73. The van der Waals surface area contributed by atoms with Crippen molar-refractivity contribution in [3.63, 3.8) is 0 Å². The Hall–Kier alpha value is -2.03. The lowest BCUT2D eigenvalue weighted by molar-refractivity contribution is 0.343. The Kier molecular flexibility index (Phi) is 7.76. The van der Waals surface area contributed by atoms with Crippen molar-refractivity contribution in [3.8, 4) is 5.75 Å². The number of halogens is 2. The predicted octanol–water partition coefficient (Wildman–Crippen LogP) is 7.63. The van der Waals surface area contributed by atoms with E-state index in [0.717, 1.165) is 23.1 Å². The molecular formula is C25H24BrClO. The fraction of sp³-hybridized carbons (Fsp3) is 0.200. The quantitative estimate of drug-likeness (QED) is 0.250. The highest BCUT2D eigenvalue weighted by molar-refractivity contribution is 9.10. The number of hydrogen-bond donors (Lipinski definition) is 0. The molecule has 0 aliphatic rings. The van der Waals surface area contributed by atoms with E-state index in [1.165, 1.54) is 27.8 Å². The fourth-order valence-corrected chi connectivity index (χ4v) is 3.67. The summed E-state index contributed by atoms with van der Waals surface area (Å²) in [5.41, 5.74) is 6.52. The zero-order chi connectivity index (χ0) is 19.8. The van der Waals surface area contributed by atoms with Gasteiger partial charge in [0.25, 0.3) is 0 Å². The summed E-state index contributed by atoms with van der Waals surface area (Å²) in [5, 5.41) is 0. The molecule has 28 heavy (non-hydrogen) atoms. The molecule has 0 spiro atoms. The van der Waals surface area contributed by atoms with Gasteiger partial charge >= 0.3 is 0 Å². The highest BCUT2D eigenvalue weighted by Crippen LogP contribution is 2.33. The molecule has 144 valence electrons. The lowest BCUT2D eigenvalue weighted by Crippen LogP contribution is -1.99. The van der Waals surface area contributed by atoms with Crippen molar-refractivity contribution in [2.24, 2.45) is 0 Å². The van der Waals surface area contributed by atoms with Crippen LogP contribution in [0.1, 0.15) is 30.0 Å². The second-order valence-electron chi connectivity index (χ2n) is 6.54. The van der Waals surface area contributed by atoms with Crippen molar-refractivity contribution in [2.75, 3.05) is 12.5 Å². The van der Waals surface area contributed by atoms with Gasteiger partial charge in [0.15, 0.2) is 0 Å². The molecule has 0 bridgehead atoms. The number of allylic oxidation sites excluding steroid dienone is 2. The van der Waals surface area contributed by atoms with Crippen molar-refractivity contribution < 1.29 is 4.74 Å². The van der Waals surface area contributed by atoms with Crippen LogP contribution in [0.2, 0.25) is 0 Å². The van der Waals surface area contributed by atoms with Crippen molar-refractivity contribution in [2.45, 2.75) is 19.8 Å². The molecule has 0 aromatic heterocycles. The largest absolute Gasteiger partial charge is 0.492 e. The van der Waals surface area contributed by atoms with Crippen LogP contribution < -0.4 is 4.74 Å². The monoisotopic (exact) mass is 454 g/mol. The second-order valence-corrected chi connectivity index (χ2v) is 7.84. The molecule has 0 fully saturated rings. The van der Waals surface area contributed by atoms with E-state index in [1.807, 2.05) is 12.1 Å². The van der Waals surface area contributed by atoms with Crippen LogP contribution in [-0.4, -0.2) is 12.5 Å². The van der Waals surface area contributed by atoms with E-state index in [-0.39, 0.29) is 0 Å². The van der Waals surface area contributed by atoms with Crippen LogP contribution in [0.3, 0.4) is 0 Å². The molecule has 3 rings (SSSR count). The van der Waals surface area contributed by atoms with E-state index < -0.39 is 0 Å². The van der Waals surface area contributed by atoms with E-state index in [2.05, 4.69) is 89.6 Å². The van der Waals surface area contributed by atoms with E-state index in [1.54, 1.807) is 0 Å². The lowest BCUT2D eigenvalue weighted by atomic mass is 9.89. The number of ether oxygens (including phenoxy) is 1. The third kappa shape index (κ3) is 5.50. The first-order valence-corrected chi connectivity index (χ1v) is 10.8. The number of rotatable bonds is 8. The van der Waals surface area contributed by atoms with Crippen LogP contribution in [0.25, 0.3) is 11.1 Å². The first-order valence-electron chi connectivity index (χ1n) is 9.52. The summed E-state index contributed by atoms with van der Waals surface area (Å²) in [4.78, 5) is 0. The summed E-state index contributed by atoms with van der Waals surface area (Å²) in [6.07, 6.45) is 1.85. The first-order chi connectivity index (χ1) is 13.7. The summed E-state index contributed by atoms with van der Waals surface area (Å²) in [7, 11) is 0. The molecule has 0 unspecified atom stereocenters. The molecule has 0 heterocycles. The Morgan fingerprint density at radius 2 is 1.46 bits per heavy atom. The van der Waals surface area contributed by atoms with Gasteiger partial charge in [-0.2, -0.15) is 0 Å². The van der Waals surface area contributed by atoms with Gasteiger partial charge < -0.3 is 4.74 Å². The SMILES string of the molecule is CCC(=C(Cc1ccc(Br)cc1)c1ccc(OCCCl)cc1)c1ccccc1. The van der Waals surface area contributed by atoms with Crippen LogP contribution in [0.4, 0.5) is 0 Å². The minimum Gasteiger partial charge on any atom is -0.492 e. The van der Waals surface area contributed by atoms with Crippen molar-refractivity contribution in [1.82, 2.24) is 0 Å². The summed E-state index contributed by atoms with van der Waals surface area (Å²) in [6, 6.07) is 27.6. The molecule has 3 aromatic carbocycles. The molecule has 1 nitrogen and oxygen atoms in total. The van der Waals surface area contributed by atoms with Crippen molar-refractivity contribution >= 4 is 38.7 Å². The Labute approximate surface area is 181 Å². The van der Waals surface area contributed by atoms with Gasteiger partial charge in [-0.1, -0.05) is 77.5 Å². The Morgan fingerprint density at radius 3 is 2.07 bits per heavy atom. The summed E-state index contributed by atoms with van der Waals surface area (Å²) in [6.45, 7) is 2.74. The topological polar surface area (TPSA) is 9.23 Å². The Morgan fingerprint density at radius 1 is 0.821 bits per heavy atom. The molecule has 0 amide bonds. The van der Waals surface area contributed by atoms with Crippen molar-refractivity contribution in [3.05, 3.63) is 100 Å². The maximum Gasteiger partial charge on any atom is 0.119 e. The number of hydrogen-bond acceptors (Lipinski definition) is 1. The van der Waals surface area contributed by atoms with Gasteiger partial charge in [-0.3, -0.25) is 0 Å². The van der Waals surface area contributed by atoms with Gasteiger partial charge in [-0.25, -0.2) is 0 Å². The Bertz CT molecular complexity index is 900. The highest BCUT2D eigenvalue weighted by atomic mass is 79.9. The van der Waals surface area contributed by atoms with Gasteiger partial charge in [0.05, 0.1) is 5.88 Å². The third-order valence-corrected chi connectivity index (χ3v) is 5.37. The standard InChI is InChI=1S/C25H24BrClO/c1-2-24(20-6-4-3-5-7-20)25(18-19-8-12-22(26)13-9-19)21-10-14-23(15-11-21)28-17-16-27/h3-15H,2,16-18H2,1H3. The zero-order valence-electron chi connectivity index (χ0n) is 16.0. The van der Waals surface area contributed by atoms with Crippen molar-refractivity contribution in [1.29, 1.82) is 0 Å². The minimum atomic E-state index is 0.491. The molecule has 3 aromatic rings. The molecule has 0 aliphatic heterocycles. The van der Waals surface area contributed by atoms with E-state index in [9.17, 15) is 0 Å². The molecule has 0 aliphatic carbocycles. The maximum atomic E-state index is 5.73. The normalized spacial score (nSPS) is 11.8. The molecule has 3 heteroatoms. The first kappa shape index (κ1) is 20.7. The molecule has 0 radical (unpaired) electrons. The zero-order valence-corrected chi connectivity index (χ0v) is 18.3. The summed E-state index contributed by atoms with van der Waals surface area (Å²) in [5.74, 6) is 1.34. The van der Waals surface area contributed by atoms with Gasteiger partial charge in [0, 0.05) is 4.47 Å². The van der Waals surface area contributed by atoms with E-state index >= 15 is 0 Å². The van der Waals surface area contributed by atoms with Gasteiger partial charge in [-0.15, -0.1) is 11.6 Å². The molecule has 0 atom stereocenters. The number of benzene rings is 3.